The summed E-state index contributed by atoms with van der Waals surface area (Å²) in [6.45, 7) is 1.01. The molecule has 1 aliphatic heterocycles. The van der Waals surface area contributed by atoms with Crippen molar-refractivity contribution in [2.75, 3.05) is 6.67 Å². The van der Waals surface area contributed by atoms with E-state index in [1.807, 2.05) is 0 Å². The molecule has 1 saturated heterocycles. The number of hydrogen-bond acceptors (Lipinski definition) is 2. The number of halogens is 1. The van der Waals surface area contributed by atoms with Gasteiger partial charge in [-0.1, -0.05) is 15.9 Å². The van der Waals surface area contributed by atoms with Gasteiger partial charge in [-0.2, -0.15) is 0 Å². The van der Waals surface area contributed by atoms with Crippen molar-refractivity contribution in [1.82, 2.24) is 10.6 Å². The fourth-order valence-corrected chi connectivity index (χ4v) is 2.58. The Morgan fingerprint density at radius 2 is 1.90 bits per heavy atom. The molecule has 0 aromatic carbocycles. The number of hydrogen-bond donors (Lipinski definition) is 2. The summed E-state index contributed by atoms with van der Waals surface area (Å²) in [6, 6.07) is 1.49. The van der Waals surface area contributed by atoms with E-state index in [2.05, 4.69) is 26.6 Å². The Kier molecular flexibility index (Phi) is 1.98. The highest BCUT2D eigenvalue weighted by Crippen LogP contribution is 2.26. The van der Waals surface area contributed by atoms with Crippen LogP contribution >= 0.6 is 15.9 Å². The SMILES string of the molecule is BrC1CCC2NCNC2C1. The summed E-state index contributed by atoms with van der Waals surface area (Å²) in [6.07, 6.45) is 3.95. The molecule has 2 fully saturated rings. The molecule has 2 N–H and O–H groups in total. The summed E-state index contributed by atoms with van der Waals surface area (Å²) in [5, 5.41) is 6.89. The highest BCUT2D eigenvalue weighted by atomic mass is 79.9. The normalized spacial score (nSPS) is 47.1. The van der Waals surface area contributed by atoms with E-state index >= 15 is 0 Å². The van der Waals surface area contributed by atoms with Crippen LogP contribution in [0.5, 0.6) is 0 Å². The Bertz CT molecular complexity index is 129. The molecule has 1 heterocycles. The van der Waals surface area contributed by atoms with E-state index in [0.29, 0.717) is 0 Å². The summed E-state index contributed by atoms with van der Waals surface area (Å²) >= 11 is 3.66. The third kappa shape index (κ3) is 1.22. The fraction of sp³-hybridized carbons (Fsp3) is 1.00. The average Bonchev–Trinajstić information content (AvgIpc) is 2.33. The Balaban J connectivity index is 1.96. The second-order valence-electron chi connectivity index (χ2n) is 3.21. The fourth-order valence-electron chi connectivity index (χ4n) is 1.91. The van der Waals surface area contributed by atoms with E-state index < -0.39 is 0 Å². The topological polar surface area (TPSA) is 24.1 Å². The molecule has 0 bridgehead atoms. The largest absolute Gasteiger partial charge is 0.300 e. The molecule has 0 radical (unpaired) electrons. The van der Waals surface area contributed by atoms with E-state index in [1.54, 1.807) is 0 Å². The molecule has 1 saturated carbocycles. The predicted octanol–water partition coefficient (Wildman–Crippen LogP) is 0.821. The highest BCUT2D eigenvalue weighted by Gasteiger charge is 2.31. The lowest BCUT2D eigenvalue weighted by Gasteiger charge is -2.27. The van der Waals surface area contributed by atoms with E-state index in [1.165, 1.54) is 19.3 Å². The van der Waals surface area contributed by atoms with Crippen molar-refractivity contribution in [2.24, 2.45) is 0 Å². The van der Waals surface area contributed by atoms with Crippen molar-refractivity contribution in [3.8, 4) is 0 Å². The van der Waals surface area contributed by atoms with Gasteiger partial charge < -0.3 is 10.6 Å². The summed E-state index contributed by atoms with van der Waals surface area (Å²) in [5.41, 5.74) is 0. The molecule has 58 valence electrons. The van der Waals surface area contributed by atoms with Gasteiger partial charge in [-0.3, -0.25) is 0 Å². The van der Waals surface area contributed by atoms with Gasteiger partial charge in [-0.25, -0.2) is 0 Å². The van der Waals surface area contributed by atoms with Gasteiger partial charge in [0.05, 0.1) is 0 Å². The van der Waals surface area contributed by atoms with Crippen molar-refractivity contribution in [3.63, 3.8) is 0 Å². The first-order valence-electron chi connectivity index (χ1n) is 3.97. The quantitative estimate of drug-likeness (QED) is 0.572. The van der Waals surface area contributed by atoms with Crippen LogP contribution in [0.2, 0.25) is 0 Å². The van der Waals surface area contributed by atoms with Gasteiger partial charge in [-0.05, 0) is 19.3 Å². The minimum Gasteiger partial charge on any atom is -0.300 e. The molecule has 3 heteroatoms. The first kappa shape index (κ1) is 7.07. The van der Waals surface area contributed by atoms with Crippen LogP contribution in [-0.4, -0.2) is 23.6 Å². The van der Waals surface area contributed by atoms with E-state index in [0.717, 1.165) is 23.6 Å². The van der Waals surface area contributed by atoms with Gasteiger partial charge in [-0.15, -0.1) is 0 Å². The van der Waals surface area contributed by atoms with Crippen LogP contribution in [-0.2, 0) is 0 Å². The second kappa shape index (κ2) is 2.80. The molecule has 3 atom stereocenters. The van der Waals surface area contributed by atoms with Crippen molar-refractivity contribution >= 4 is 15.9 Å². The molecule has 0 aromatic rings. The van der Waals surface area contributed by atoms with Gasteiger partial charge in [0.15, 0.2) is 0 Å². The summed E-state index contributed by atoms with van der Waals surface area (Å²) in [7, 11) is 0. The molecule has 3 unspecified atom stereocenters. The van der Waals surface area contributed by atoms with Crippen LogP contribution in [0.1, 0.15) is 19.3 Å². The zero-order chi connectivity index (χ0) is 6.97. The lowest BCUT2D eigenvalue weighted by molar-refractivity contribution is 0.385. The summed E-state index contributed by atoms with van der Waals surface area (Å²) in [5.74, 6) is 0. The van der Waals surface area contributed by atoms with Gasteiger partial charge in [0.2, 0.25) is 0 Å². The van der Waals surface area contributed by atoms with E-state index in [9.17, 15) is 0 Å². The van der Waals surface area contributed by atoms with Crippen molar-refractivity contribution in [1.29, 1.82) is 0 Å². The highest BCUT2D eigenvalue weighted by molar-refractivity contribution is 9.09. The van der Waals surface area contributed by atoms with Crippen LogP contribution in [0.15, 0.2) is 0 Å². The molecular weight excluding hydrogens is 192 g/mol. The van der Waals surface area contributed by atoms with Crippen LogP contribution in [0.4, 0.5) is 0 Å². The molecule has 0 aromatic heterocycles. The summed E-state index contributed by atoms with van der Waals surface area (Å²) < 4.78 is 0. The Morgan fingerprint density at radius 1 is 1.10 bits per heavy atom. The molecule has 2 rings (SSSR count). The lowest BCUT2D eigenvalue weighted by atomic mass is 9.92. The Morgan fingerprint density at radius 3 is 2.80 bits per heavy atom. The zero-order valence-corrected chi connectivity index (χ0v) is 7.52. The number of alkyl halides is 1. The van der Waals surface area contributed by atoms with Crippen LogP contribution in [0.25, 0.3) is 0 Å². The molecular formula is C7H13BrN2. The van der Waals surface area contributed by atoms with Crippen molar-refractivity contribution in [3.05, 3.63) is 0 Å². The van der Waals surface area contributed by atoms with Crippen molar-refractivity contribution in [2.45, 2.75) is 36.2 Å². The minimum absolute atomic E-state index is 0.734. The van der Waals surface area contributed by atoms with E-state index in [4.69, 9.17) is 0 Å². The standard InChI is InChI=1S/C7H13BrN2/c8-5-1-2-6-7(3-5)10-4-9-6/h5-7,9-10H,1-4H2. The molecule has 2 aliphatic rings. The maximum atomic E-state index is 3.66. The maximum absolute atomic E-state index is 3.66. The maximum Gasteiger partial charge on any atom is 0.0459 e. The summed E-state index contributed by atoms with van der Waals surface area (Å²) in [4.78, 5) is 0.751. The monoisotopic (exact) mass is 204 g/mol. The first-order chi connectivity index (χ1) is 4.86. The van der Waals surface area contributed by atoms with E-state index in [-0.39, 0.29) is 0 Å². The van der Waals surface area contributed by atoms with Crippen LogP contribution in [0.3, 0.4) is 0 Å². The van der Waals surface area contributed by atoms with Gasteiger partial charge in [0, 0.05) is 23.6 Å². The number of fused-ring (bicyclic) bond motifs is 1. The van der Waals surface area contributed by atoms with Gasteiger partial charge in [0.25, 0.3) is 0 Å². The van der Waals surface area contributed by atoms with Crippen molar-refractivity contribution < 1.29 is 0 Å². The van der Waals surface area contributed by atoms with Gasteiger partial charge >= 0.3 is 0 Å². The molecule has 0 amide bonds. The Labute approximate surface area is 69.9 Å². The minimum atomic E-state index is 0.734. The average molecular weight is 205 g/mol. The first-order valence-corrected chi connectivity index (χ1v) is 4.88. The lowest BCUT2D eigenvalue weighted by Crippen LogP contribution is -2.39. The second-order valence-corrected chi connectivity index (χ2v) is 4.50. The smallest absolute Gasteiger partial charge is 0.0459 e. The molecule has 10 heavy (non-hydrogen) atoms. The third-order valence-electron chi connectivity index (χ3n) is 2.51. The number of rotatable bonds is 0. The Hall–Kier alpha value is 0.400. The predicted molar refractivity (Wildman–Crippen MR) is 45.3 cm³/mol. The third-order valence-corrected chi connectivity index (χ3v) is 3.35. The molecule has 0 spiro atoms. The molecule has 2 nitrogen and oxygen atoms in total. The van der Waals surface area contributed by atoms with Gasteiger partial charge in [0.1, 0.15) is 0 Å². The zero-order valence-electron chi connectivity index (χ0n) is 5.94. The van der Waals surface area contributed by atoms with Crippen LogP contribution in [0, 0.1) is 0 Å². The molecule has 1 aliphatic carbocycles. The number of nitrogens with one attached hydrogen (secondary N) is 2. The van der Waals surface area contributed by atoms with Crippen LogP contribution < -0.4 is 10.6 Å².